The highest BCUT2D eigenvalue weighted by Crippen LogP contribution is 2.33. The van der Waals surface area contributed by atoms with Gasteiger partial charge in [0.2, 0.25) is 0 Å². The van der Waals surface area contributed by atoms with Crippen LogP contribution < -0.4 is 0 Å². The molecule has 0 aromatic carbocycles. The number of hydrogen-bond donors (Lipinski definition) is 0. The average Bonchev–Trinajstić information content (AvgIpc) is 3.32. The molecule has 0 radical (unpaired) electrons. The molecule has 0 amide bonds. The van der Waals surface area contributed by atoms with E-state index < -0.39 is 0 Å². The fraction of sp³-hybridized carbons (Fsp3) is 0.647. The van der Waals surface area contributed by atoms with Crippen LogP contribution in [0.1, 0.15) is 50.8 Å². The molecular formula is C17H23ClN6. The molecule has 0 aliphatic heterocycles. The van der Waals surface area contributed by atoms with Gasteiger partial charge in [0.15, 0.2) is 11.6 Å². The standard InChI is InChI=1S/C17H23ClN6/c18-14-8-9-16(19-10-14)24-17(20-21-22-24)12-23(11-13-6-7-13)15-4-2-1-3-5-15/h8-10,13,15H,1-7,11-12H2. The van der Waals surface area contributed by atoms with Crippen molar-refractivity contribution in [3.8, 4) is 5.82 Å². The first-order valence-corrected chi connectivity index (χ1v) is 9.30. The predicted molar refractivity (Wildman–Crippen MR) is 92.0 cm³/mol. The Morgan fingerprint density at radius 3 is 2.67 bits per heavy atom. The number of halogens is 1. The zero-order valence-corrected chi connectivity index (χ0v) is 14.6. The van der Waals surface area contributed by atoms with E-state index in [2.05, 4.69) is 25.4 Å². The van der Waals surface area contributed by atoms with Crippen LogP contribution in [0, 0.1) is 5.92 Å². The highest BCUT2D eigenvalue weighted by molar-refractivity contribution is 6.30. The quantitative estimate of drug-likeness (QED) is 0.803. The molecule has 2 aliphatic carbocycles. The van der Waals surface area contributed by atoms with Crippen LogP contribution in [-0.2, 0) is 6.54 Å². The molecule has 0 N–H and O–H groups in total. The van der Waals surface area contributed by atoms with E-state index in [-0.39, 0.29) is 0 Å². The topological polar surface area (TPSA) is 59.7 Å². The fourth-order valence-corrected chi connectivity index (χ4v) is 3.69. The Labute approximate surface area is 147 Å². The first-order chi connectivity index (χ1) is 11.8. The van der Waals surface area contributed by atoms with E-state index in [0.29, 0.717) is 11.1 Å². The summed E-state index contributed by atoms with van der Waals surface area (Å²) in [4.78, 5) is 6.95. The van der Waals surface area contributed by atoms with Gasteiger partial charge in [-0.05, 0) is 54.2 Å². The van der Waals surface area contributed by atoms with E-state index in [4.69, 9.17) is 11.6 Å². The Bertz CT molecular complexity index is 660. The third kappa shape index (κ3) is 3.75. The summed E-state index contributed by atoms with van der Waals surface area (Å²) >= 11 is 5.93. The summed E-state index contributed by atoms with van der Waals surface area (Å²) in [5.74, 6) is 2.44. The van der Waals surface area contributed by atoms with Crippen LogP contribution >= 0.6 is 11.6 Å². The maximum Gasteiger partial charge on any atom is 0.172 e. The second-order valence-corrected chi connectivity index (χ2v) is 7.44. The van der Waals surface area contributed by atoms with Crippen LogP contribution in [0.25, 0.3) is 5.82 Å². The zero-order valence-electron chi connectivity index (χ0n) is 13.8. The smallest absolute Gasteiger partial charge is 0.172 e. The van der Waals surface area contributed by atoms with Crippen molar-refractivity contribution in [1.29, 1.82) is 0 Å². The lowest BCUT2D eigenvalue weighted by atomic mass is 9.94. The Hall–Kier alpha value is -1.53. The van der Waals surface area contributed by atoms with Gasteiger partial charge in [-0.25, -0.2) is 4.98 Å². The van der Waals surface area contributed by atoms with Crippen LogP contribution in [0.15, 0.2) is 18.3 Å². The Morgan fingerprint density at radius 1 is 1.12 bits per heavy atom. The van der Waals surface area contributed by atoms with Gasteiger partial charge in [0.25, 0.3) is 0 Å². The minimum atomic E-state index is 0.617. The van der Waals surface area contributed by atoms with Gasteiger partial charge in [0, 0.05) is 18.8 Å². The van der Waals surface area contributed by atoms with Gasteiger partial charge in [0.05, 0.1) is 11.6 Å². The van der Waals surface area contributed by atoms with Gasteiger partial charge >= 0.3 is 0 Å². The lowest BCUT2D eigenvalue weighted by molar-refractivity contribution is 0.137. The van der Waals surface area contributed by atoms with Crippen molar-refractivity contribution in [3.05, 3.63) is 29.2 Å². The monoisotopic (exact) mass is 346 g/mol. The number of nitrogens with zero attached hydrogens (tertiary/aromatic N) is 6. The summed E-state index contributed by atoms with van der Waals surface area (Å²) in [6.07, 6.45) is 11.0. The number of hydrogen-bond acceptors (Lipinski definition) is 5. The van der Waals surface area contributed by atoms with Gasteiger partial charge in [-0.2, -0.15) is 4.68 Å². The van der Waals surface area contributed by atoms with E-state index in [1.54, 1.807) is 10.9 Å². The molecule has 2 aliphatic rings. The molecular weight excluding hydrogens is 324 g/mol. The molecule has 6 nitrogen and oxygen atoms in total. The van der Waals surface area contributed by atoms with Crippen molar-refractivity contribution in [2.24, 2.45) is 5.92 Å². The molecule has 2 heterocycles. The predicted octanol–water partition coefficient (Wildman–Crippen LogP) is 3.26. The molecule has 128 valence electrons. The van der Waals surface area contributed by atoms with Crippen LogP contribution in [0.4, 0.5) is 0 Å². The molecule has 2 aromatic rings. The van der Waals surface area contributed by atoms with Crippen LogP contribution in [0.5, 0.6) is 0 Å². The molecule has 4 rings (SSSR count). The van der Waals surface area contributed by atoms with E-state index in [1.165, 1.54) is 51.5 Å². The molecule has 0 spiro atoms. The average molecular weight is 347 g/mol. The van der Waals surface area contributed by atoms with Crippen molar-refractivity contribution in [1.82, 2.24) is 30.1 Å². The molecule has 7 heteroatoms. The second-order valence-electron chi connectivity index (χ2n) is 7.01. The Balaban J connectivity index is 1.53. The number of rotatable bonds is 6. The number of aromatic nitrogens is 5. The lowest BCUT2D eigenvalue weighted by Gasteiger charge is -2.34. The van der Waals surface area contributed by atoms with Crippen molar-refractivity contribution < 1.29 is 0 Å². The fourth-order valence-electron chi connectivity index (χ4n) is 3.58. The summed E-state index contributed by atoms with van der Waals surface area (Å²) in [5, 5.41) is 12.9. The summed E-state index contributed by atoms with van der Waals surface area (Å²) in [6, 6.07) is 4.34. The minimum Gasteiger partial charge on any atom is -0.293 e. The molecule has 2 fully saturated rings. The Morgan fingerprint density at radius 2 is 1.96 bits per heavy atom. The number of tetrazole rings is 1. The third-order valence-corrected chi connectivity index (χ3v) is 5.31. The first-order valence-electron chi connectivity index (χ1n) is 8.93. The number of pyridine rings is 1. The van der Waals surface area contributed by atoms with Crippen LogP contribution in [-0.4, -0.2) is 42.7 Å². The van der Waals surface area contributed by atoms with E-state index in [1.807, 2.05) is 12.1 Å². The SMILES string of the molecule is Clc1ccc(-n2nnnc2CN(CC2CC2)C2CCCCC2)nc1. The maximum atomic E-state index is 5.93. The van der Waals surface area contributed by atoms with Crippen molar-refractivity contribution >= 4 is 11.6 Å². The van der Waals surface area contributed by atoms with E-state index >= 15 is 0 Å². The van der Waals surface area contributed by atoms with Crippen LogP contribution in [0.2, 0.25) is 5.02 Å². The van der Waals surface area contributed by atoms with Gasteiger partial charge in [0.1, 0.15) is 0 Å². The van der Waals surface area contributed by atoms with Crippen molar-refractivity contribution in [3.63, 3.8) is 0 Å². The highest BCUT2D eigenvalue weighted by Gasteiger charge is 2.30. The Kier molecular flexibility index (Phi) is 4.76. The summed E-state index contributed by atoms with van der Waals surface area (Å²) in [7, 11) is 0. The van der Waals surface area contributed by atoms with Gasteiger partial charge in [-0.15, -0.1) is 5.10 Å². The molecule has 24 heavy (non-hydrogen) atoms. The minimum absolute atomic E-state index is 0.617. The van der Waals surface area contributed by atoms with Gasteiger partial charge < -0.3 is 0 Å². The molecule has 0 atom stereocenters. The second kappa shape index (κ2) is 7.15. The summed E-state index contributed by atoms with van der Waals surface area (Å²) in [6.45, 7) is 1.96. The normalized spacial score (nSPS) is 19.1. The molecule has 0 bridgehead atoms. The van der Waals surface area contributed by atoms with Crippen LogP contribution in [0.3, 0.4) is 0 Å². The largest absolute Gasteiger partial charge is 0.293 e. The molecule has 2 saturated carbocycles. The summed E-state index contributed by atoms with van der Waals surface area (Å²) < 4.78 is 1.74. The van der Waals surface area contributed by atoms with Gasteiger partial charge in [-0.3, -0.25) is 4.90 Å². The first kappa shape index (κ1) is 16.0. The van der Waals surface area contributed by atoms with E-state index in [9.17, 15) is 0 Å². The molecule has 0 saturated heterocycles. The van der Waals surface area contributed by atoms with E-state index in [0.717, 1.165) is 24.1 Å². The molecule has 0 unspecified atom stereocenters. The maximum absolute atomic E-state index is 5.93. The summed E-state index contributed by atoms with van der Waals surface area (Å²) in [5.41, 5.74) is 0. The van der Waals surface area contributed by atoms with Crippen molar-refractivity contribution in [2.45, 2.75) is 57.5 Å². The molecule has 2 aromatic heterocycles. The van der Waals surface area contributed by atoms with Crippen molar-refractivity contribution in [2.75, 3.05) is 6.54 Å². The van der Waals surface area contributed by atoms with Gasteiger partial charge in [-0.1, -0.05) is 30.9 Å². The zero-order chi connectivity index (χ0) is 16.4. The third-order valence-electron chi connectivity index (χ3n) is 5.09. The highest BCUT2D eigenvalue weighted by atomic mass is 35.5. The lowest BCUT2D eigenvalue weighted by Crippen LogP contribution is -2.38.